The van der Waals surface area contributed by atoms with Crippen LogP contribution in [0.3, 0.4) is 0 Å². The van der Waals surface area contributed by atoms with Crippen LogP contribution in [0.1, 0.15) is 13.8 Å². The van der Waals surface area contributed by atoms with Crippen LogP contribution in [0.15, 0.2) is 4.99 Å². The molecule has 1 saturated heterocycles. The van der Waals surface area contributed by atoms with Gasteiger partial charge in [-0.2, -0.15) is 0 Å². The first-order valence-electron chi connectivity index (χ1n) is 2.48. The molecular weight excluding hydrogens is 90.1 g/mol. The van der Waals surface area contributed by atoms with Crippen molar-refractivity contribution in [3.05, 3.63) is 0 Å². The van der Waals surface area contributed by atoms with Crippen LogP contribution < -0.4 is 0 Å². The van der Waals surface area contributed by atoms with Crippen molar-refractivity contribution >= 4 is 6.21 Å². The summed E-state index contributed by atoms with van der Waals surface area (Å²) in [6.45, 7) is 3.91. The molecule has 1 aliphatic rings. The Bertz CT molecular complexity index is 90.1. The Balaban J connectivity index is 2.21. The summed E-state index contributed by atoms with van der Waals surface area (Å²) in [6.07, 6.45) is 2.33. The molecule has 2 nitrogen and oxygen atoms in total. The molecule has 0 bridgehead atoms. The Morgan fingerprint density at radius 1 is 1.71 bits per heavy atom. The maximum Gasteiger partial charge on any atom is 0.174 e. The van der Waals surface area contributed by atoms with Gasteiger partial charge in [0.25, 0.3) is 0 Å². The monoisotopic (exact) mass is 99.1 g/mol. The highest BCUT2D eigenvalue weighted by Gasteiger charge is 2.32. The molecule has 0 spiro atoms. The topological polar surface area (TPSA) is 24.9 Å². The average Bonchev–Trinajstić information content (AvgIpc) is 2.22. The third kappa shape index (κ3) is 0.996. The van der Waals surface area contributed by atoms with Gasteiger partial charge in [-0.3, -0.25) is 4.99 Å². The SMILES string of the molecule is CC=NC1O[C@@H]1C. The van der Waals surface area contributed by atoms with Crippen molar-refractivity contribution in [3.63, 3.8) is 0 Å². The van der Waals surface area contributed by atoms with Crippen LogP contribution in [0.5, 0.6) is 0 Å². The van der Waals surface area contributed by atoms with Gasteiger partial charge in [0.15, 0.2) is 6.23 Å². The molecule has 0 radical (unpaired) electrons. The van der Waals surface area contributed by atoms with E-state index in [1.54, 1.807) is 6.21 Å². The largest absolute Gasteiger partial charge is 0.346 e. The van der Waals surface area contributed by atoms with E-state index < -0.39 is 0 Å². The molecule has 1 fully saturated rings. The van der Waals surface area contributed by atoms with Crippen LogP contribution in [-0.4, -0.2) is 18.5 Å². The number of ether oxygens (including phenoxy) is 1. The summed E-state index contributed by atoms with van der Waals surface area (Å²) in [5.74, 6) is 0. The zero-order valence-corrected chi connectivity index (χ0v) is 4.59. The van der Waals surface area contributed by atoms with Crippen molar-refractivity contribution in [3.8, 4) is 0 Å². The second kappa shape index (κ2) is 1.62. The lowest BCUT2D eigenvalue weighted by Crippen LogP contribution is -1.80. The van der Waals surface area contributed by atoms with E-state index in [-0.39, 0.29) is 6.23 Å². The van der Waals surface area contributed by atoms with Gasteiger partial charge in [-0.15, -0.1) is 0 Å². The van der Waals surface area contributed by atoms with E-state index in [1.165, 1.54) is 0 Å². The Kier molecular flexibility index (Phi) is 1.11. The summed E-state index contributed by atoms with van der Waals surface area (Å²) in [4.78, 5) is 3.97. The van der Waals surface area contributed by atoms with E-state index in [4.69, 9.17) is 4.74 Å². The van der Waals surface area contributed by atoms with E-state index in [0.717, 1.165) is 0 Å². The molecule has 1 aliphatic heterocycles. The Morgan fingerprint density at radius 3 is 2.43 bits per heavy atom. The second-order valence-electron chi connectivity index (χ2n) is 1.64. The summed E-state index contributed by atoms with van der Waals surface area (Å²) in [5, 5.41) is 0. The van der Waals surface area contributed by atoms with Crippen molar-refractivity contribution in [2.24, 2.45) is 4.99 Å². The van der Waals surface area contributed by atoms with Crippen LogP contribution in [0.4, 0.5) is 0 Å². The van der Waals surface area contributed by atoms with Crippen LogP contribution >= 0.6 is 0 Å². The number of hydrogen-bond donors (Lipinski definition) is 0. The first-order chi connectivity index (χ1) is 3.34. The fourth-order valence-electron chi connectivity index (χ4n) is 0.478. The molecular formula is C5H9NO. The van der Waals surface area contributed by atoms with E-state index >= 15 is 0 Å². The highest BCUT2D eigenvalue weighted by atomic mass is 16.6. The van der Waals surface area contributed by atoms with Crippen molar-refractivity contribution in [1.82, 2.24) is 0 Å². The van der Waals surface area contributed by atoms with Crippen molar-refractivity contribution in [2.75, 3.05) is 0 Å². The van der Waals surface area contributed by atoms with Crippen LogP contribution in [0.2, 0.25) is 0 Å². The number of aliphatic imine (C=N–C) groups is 1. The second-order valence-corrected chi connectivity index (χ2v) is 1.64. The van der Waals surface area contributed by atoms with E-state index in [2.05, 4.69) is 4.99 Å². The smallest absolute Gasteiger partial charge is 0.174 e. The third-order valence-corrected chi connectivity index (χ3v) is 0.975. The zero-order chi connectivity index (χ0) is 5.28. The van der Waals surface area contributed by atoms with Gasteiger partial charge in [-0.05, 0) is 20.1 Å². The molecule has 7 heavy (non-hydrogen) atoms. The van der Waals surface area contributed by atoms with E-state index in [0.29, 0.717) is 6.10 Å². The molecule has 0 saturated carbocycles. The summed E-state index contributed by atoms with van der Waals surface area (Å²) >= 11 is 0. The van der Waals surface area contributed by atoms with Crippen LogP contribution in [0.25, 0.3) is 0 Å². The lowest BCUT2D eigenvalue weighted by atomic mass is 10.5. The number of hydrogen-bond acceptors (Lipinski definition) is 2. The van der Waals surface area contributed by atoms with E-state index in [1.807, 2.05) is 13.8 Å². The molecule has 0 aliphatic carbocycles. The minimum atomic E-state index is 0.185. The molecule has 1 heterocycles. The van der Waals surface area contributed by atoms with Gasteiger partial charge in [0, 0.05) is 0 Å². The highest BCUT2D eigenvalue weighted by Crippen LogP contribution is 2.20. The quantitative estimate of drug-likeness (QED) is 0.353. The fourth-order valence-corrected chi connectivity index (χ4v) is 0.478. The molecule has 0 aromatic rings. The summed E-state index contributed by atoms with van der Waals surface area (Å²) < 4.78 is 4.96. The molecule has 0 amide bonds. The van der Waals surface area contributed by atoms with Crippen LogP contribution in [0, 0.1) is 0 Å². The third-order valence-electron chi connectivity index (χ3n) is 0.975. The van der Waals surface area contributed by atoms with Gasteiger partial charge in [0.05, 0.1) is 0 Å². The molecule has 2 atom stereocenters. The van der Waals surface area contributed by atoms with Crippen LogP contribution in [-0.2, 0) is 4.74 Å². The summed E-state index contributed by atoms with van der Waals surface area (Å²) in [6, 6.07) is 0. The predicted octanol–water partition coefficient (Wildman–Crippen LogP) is 0.822. The normalized spacial score (nSPS) is 39.7. The first kappa shape index (κ1) is 4.78. The molecule has 0 aromatic carbocycles. The minimum Gasteiger partial charge on any atom is -0.346 e. The predicted molar refractivity (Wildman–Crippen MR) is 28.5 cm³/mol. The molecule has 0 N–H and O–H groups in total. The maximum absolute atomic E-state index is 4.96. The molecule has 1 unspecified atom stereocenters. The van der Waals surface area contributed by atoms with Gasteiger partial charge in [0.2, 0.25) is 0 Å². The summed E-state index contributed by atoms with van der Waals surface area (Å²) in [5.41, 5.74) is 0. The number of nitrogens with zero attached hydrogens (tertiary/aromatic N) is 1. The van der Waals surface area contributed by atoms with Gasteiger partial charge in [0.1, 0.15) is 6.10 Å². The Morgan fingerprint density at radius 2 is 2.29 bits per heavy atom. The van der Waals surface area contributed by atoms with Crippen molar-refractivity contribution in [2.45, 2.75) is 26.2 Å². The van der Waals surface area contributed by atoms with E-state index in [9.17, 15) is 0 Å². The zero-order valence-electron chi connectivity index (χ0n) is 4.59. The molecule has 0 aromatic heterocycles. The summed E-state index contributed by atoms with van der Waals surface area (Å²) in [7, 11) is 0. The van der Waals surface area contributed by atoms with Crippen molar-refractivity contribution < 1.29 is 4.74 Å². The van der Waals surface area contributed by atoms with Gasteiger partial charge in [-0.25, -0.2) is 0 Å². The lowest BCUT2D eigenvalue weighted by Gasteiger charge is -1.71. The number of epoxide rings is 1. The minimum absolute atomic E-state index is 0.185. The first-order valence-corrected chi connectivity index (χ1v) is 2.48. The van der Waals surface area contributed by atoms with Gasteiger partial charge < -0.3 is 4.74 Å². The van der Waals surface area contributed by atoms with Gasteiger partial charge >= 0.3 is 0 Å². The van der Waals surface area contributed by atoms with Crippen molar-refractivity contribution in [1.29, 1.82) is 0 Å². The maximum atomic E-state index is 4.96. The fraction of sp³-hybridized carbons (Fsp3) is 0.800. The average molecular weight is 99.1 g/mol. The Hall–Kier alpha value is -0.370. The standard InChI is InChI=1S/C5H9NO/c1-3-6-5-4(2)7-5/h3-5H,1-2H3/t4-,5?/m1/s1. The molecule has 1 rings (SSSR count). The van der Waals surface area contributed by atoms with Gasteiger partial charge in [-0.1, -0.05) is 0 Å². The molecule has 40 valence electrons. The lowest BCUT2D eigenvalue weighted by molar-refractivity contribution is 0.384. The number of rotatable bonds is 1. The molecule has 2 heteroatoms. The highest BCUT2D eigenvalue weighted by molar-refractivity contribution is 5.53. The Labute approximate surface area is 43.2 Å².